The van der Waals surface area contributed by atoms with Gasteiger partial charge in [0.25, 0.3) is 0 Å². The Labute approximate surface area is 94.0 Å². The first kappa shape index (κ1) is 12.2. The molecule has 0 aliphatic heterocycles. The van der Waals surface area contributed by atoms with Gasteiger partial charge in [-0.25, -0.2) is 0 Å². The van der Waals surface area contributed by atoms with Gasteiger partial charge in [-0.2, -0.15) is 0 Å². The highest BCUT2D eigenvalue weighted by molar-refractivity contribution is 5.74. The Bertz CT molecular complexity index is 383. The average molecular weight is 219 g/mol. The van der Waals surface area contributed by atoms with Gasteiger partial charge < -0.3 is 15.6 Å². The first-order chi connectivity index (χ1) is 7.66. The van der Waals surface area contributed by atoms with Crippen LogP contribution in [0.1, 0.15) is 11.7 Å². The maximum absolute atomic E-state index is 10.8. The predicted molar refractivity (Wildman–Crippen MR) is 59.6 cm³/mol. The molecule has 0 aromatic heterocycles. The maximum Gasteiger partial charge on any atom is 0.323 e. The van der Waals surface area contributed by atoms with Crippen LogP contribution >= 0.6 is 0 Å². The van der Waals surface area contributed by atoms with Crippen LogP contribution in [0.2, 0.25) is 0 Å². The number of nitrogens with two attached hydrogens (primary N) is 1. The molecule has 16 heavy (non-hydrogen) atoms. The summed E-state index contributed by atoms with van der Waals surface area (Å²) in [6.07, 6.45) is 4.34. The molecule has 0 radical (unpaired) electrons. The smallest absolute Gasteiger partial charge is 0.323 e. The topological polar surface area (TPSA) is 72.5 Å². The lowest BCUT2D eigenvalue weighted by atomic mass is 10.0. The van der Waals surface area contributed by atoms with E-state index >= 15 is 0 Å². The summed E-state index contributed by atoms with van der Waals surface area (Å²) in [5, 5.41) is 8.86. The molecule has 1 aromatic carbocycles. The molecule has 1 aromatic rings. The van der Waals surface area contributed by atoms with Crippen molar-refractivity contribution in [3.8, 4) is 12.3 Å². The zero-order valence-corrected chi connectivity index (χ0v) is 8.67. The third-order valence-corrected chi connectivity index (χ3v) is 2.09. The Kier molecular flexibility index (Phi) is 4.52. The summed E-state index contributed by atoms with van der Waals surface area (Å²) in [7, 11) is 0. The number of hydrogen-bond donors (Lipinski definition) is 2. The molecule has 0 aliphatic carbocycles. The second-order valence-electron chi connectivity index (χ2n) is 3.21. The maximum atomic E-state index is 10.8. The second-order valence-corrected chi connectivity index (χ2v) is 3.21. The van der Waals surface area contributed by atoms with Crippen molar-refractivity contribution in [2.24, 2.45) is 5.73 Å². The van der Waals surface area contributed by atoms with E-state index in [4.69, 9.17) is 22.0 Å². The van der Waals surface area contributed by atoms with E-state index in [0.717, 1.165) is 0 Å². The molecule has 4 heteroatoms. The minimum Gasteiger partial charge on any atom is -0.480 e. The van der Waals surface area contributed by atoms with Gasteiger partial charge >= 0.3 is 5.97 Å². The van der Waals surface area contributed by atoms with Gasteiger partial charge in [0.05, 0.1) is 0 Å². The zero-order chi connectivity index (χ0) is 12.0. The van der Waals surface area contributed by atoms with Gasteiger partial charge in [0.1, 0.15) is 18.8 Å². The highest BCUT2D eigenvalue weighted by Gasteiger charge is 2.26. The Hall–Kier alpha value is -1.83. The van der Waals surface area contributed by atoms with Crippen LogP contribution in [-0.2, 0) is 9.53 Å². The molecular formula is C12H13NO3. The van der Waals surface area contributed by atoms with E-state index in [9.17, 15) is 4.79 Å². The third-order valence-electron chi connectivity index (χ3n) is 2.09. The molecule has 0 fully saturated rings. The summed E-state index contributed by atoms with van der Waals surface area (Å²) in [6, 6.07) is 7.78. The number of aliphatic carboxylic acids is 1. The number of ether oxygens (including phenoxy) is 1. The summed E-state index contributed by atoms with van der Waals surface area (Å²) >= 11 is 0. The van der Waals surface area contributed by atoms with E-state index < -0.39 is 18.1 Å². The van der Waals surface area contributed by atoms with Crippen molar-refractivity contribution in [1.29, 1.82) is 0 Å². The van der Waals surface area contributed by atoms with Gasteiger partial charge in [-0.05, 0) is 5.56 Å². The SMILES string of the molecule is C#CCOC(c1ccccc1)C(N)C(=O)O. The number of benzene rings is 1. The molecular weight excluding hydrogens is 206 g/mol. The second kappa shape index (κ2) is 5.91. The normalized spacial score (nSPS) is 13.8. The van der Waals surface area contributed by atoms with Gasteiger partial charge in [-0.15, -0.1) is 6.42 Å². The Morgan fingerprint density at radius 1 is 1.50 bits per heavy atom. The van der Waals surface area contributed by atoms with Crippen molar-refractivity contribution in [2.75, 3.05) is 6.61 Å². The Morgan fingerprint density at radius 2 is 2.12 bits per heavy atom. The number of carboxylic acids is 1. The first-order valence-electron chi connectivity index (χ1n) is 4.75. The van der Waals surface area contributed by atoms with Crippen molar-refractivity contribution in [1.82, 2.24) is 0 Å². The van der Waals surface area contributed by atoms with Gasteiger partial charge in [0.2, 0.25) is 0 Å². The van der Waals surface area contributed by atoms with Crippen LogP contribution < -0.4 is 5.73 Å². The van der Waals surface area contributed by atoms with Crippen molar-refractivity contribution < 1.29 is 14.6 Å². The molecule has 0 amide bonds. The van der Waals surface area contributed by atoms with Crippen LogP contribution in [0, 0.1) is 12.3 Å². The number of terminal acetylenes is 1. The minimum atomic E-state index is -1.13. The molecule has 2 unspecified atom stereocenters. The summed E-state index contributed by atoms with van der Waals surface area (Å²) in [6.45, 7) is 0.0283. The molecule has 3 N–H and O–H groups in total. The van der Waals surface area contributed by atoms with Crippen molar-refractivity contribution in [2.45, 2.75) is 12.1 Å². The quantitative estimate of drug-likeness (QED) is 0.718. The minimum absolute atomic E-state index is 0.0283. The molecule has 0 spiro atoms. The highest BCUT2D eigenvalue weighted by Crippen LogP contribution is 2.20. The summed E-state index contributed by atoms with van der Waals surface area (Å²) in [5.74, 6) is 1.17. The Balaban J connectivity index is 2.88. The molecule has 4 nitrogen and oxygen atoms in total. The van der Waals surface area contributed by atoms with Gasteiger partial charge in [-0.1, -0.05) is 36.3 Å². The predicted octanol–water partition coefficient (Wildman–Crippen LogP) is 0.789. The number of hydrogen-bond acceptors (Lipinski definition) is 3. The van der Waals surface area contributed by atoms with Crippen LogP contribution in [0.4, 0.5) is 0 Å². The highest BCUT2D eigenvalue weighted by atomic mass is 16.5. The zero-order valence-electron chi connectivity index (χ0n) is 8.67. The lowest BCUT2D eigenvalue weighted by molar-refractivity contribution is -0.142. The lowest BCUT2D eigenvalue weighted by Crippen LogP contribution is -2.38. The fraction of sp³-hybridized carbons (Fsp3) is 0.250. The van der Waals surface area contributed by atoms with E-state index in [0.29, 0.717) is 5.56 Å². The fourth-order valence-electron chi connectivity index (χ4n) is 1.32. The monoisotopic (exact) mass is 219 g/mol. The number of carbonyl (C=O) groups is 1. The summed E-state index contributed by atoms with van der Waals surface area (Å²) in [5.41, 5.74) is 6.24. The fourth-order valence-corrected chi connectivity index (χ4v) is 1.32. The van der Waals surface area contributed by atoms with Crippen LogP contribution in [0.15, 0.2) is 30.3 Å². The molecule has 0 heterocycles. The average Bonchev–Trinajstić information content (AvgIpc) is 2.30. The van der Waals surface area contributed by atoms with Gasteiger partial charge in [-0.3, -0.25) is 4.79 Å². The Morgan fingerprint density at radius 3 is 2.62 bits per heavy atom. The molecule has 84 valence electrons. The third kappa shape index (κ3) is 3.09. The molecule has 0 saturated heterocycles. The summed E-state index contributed by atoms with van der Waals surface area (Å²) in [4.78, 5) is 10.8. The van der Waals surface area contributed by atoms with Crippen LogP contribution in [0.3, 0.4) is 0 Å². The van der Waals surface area contributed by atoms with Gasteiger partial charge in [0, 0.05) is 0 Å². The van der Waals surface area contributed by atoms with E-state index in [1.165, 1.54) is 0 Å². The molecule has 0 aliphatic rings. The summed E-state index contributed by atoms with van der Waals surface area (Å²) < 4.78 is 5.26. The van der Waals surface area contributed by atoms with E-state index in [1.54, 1.807) is 24.3 Å². The number of rotatable bonds is 5. The lowest BCUT2D eigenvalue weighted by Gasteiger charge is -2.20. The largest absolute Gasteiger partial charge is 0.480 e. The van der Waals surface area contributed by atoms with Crippen LogP contribution in [-0.4, -0.2) is 23.7 Å². The molecule has 2 atom stereocenters. The molecule has 1 rings (SSSR count). The van der Waals surface area contributed by atoms with E-state index in [1.807, 2.05) is 6.07 Å². The number of carboxylic acid groups (broad SMARTS) is 1. The molecule has 0 bridgehead atoms. The van der Waals surface area contributed by atoms with E-state index in [2.05, 4.69) is 5.92 Å². The van der Waals surface area contributed by atoms with Crippen LogP contribution in [0.5, 0.6) is 0 Å². The standard InChI is InChI=1S/C12H13NO3/c1-2-8-16-11(10(13)12(14)15)9-6-4-3-5-7-9/h1,3-7,10-11H,8,13H2,(H,14,15). The van der Waals surface area contributed by atoms with Crippen molar-refractivity contribution >= 4 is 5.97 Å². The van der Waals surface area contributed by atoms with Crippen LogP contribution in [0.25, 0.3) is 0 Å². The first-order valence-corrected chi connectivity index (χ1v) is 4.75. The van der Waals surface area contributed by atoms with Crippen molar-refractivity contribution in [3.05, 3.63) is 35.9 Å². The van der Waals surface area contributed by atoms with Crippen molar-refractivity contribution in [3.63, 3.8) is 0 Å². The molecule has 0 saturated carbocycles. The van der Waals surface area contributed by atoms with Gasteiger partial charge in [0.15, 0.2) is 0 Å². The van der Waals surface area contributed by atoms with E-state index in [-0.39, 0.29) is 6.61 Å².